The predicted octanol–water partition coefficient (Wildman–Crippen LogP) is 14.9. The third-order valence-corrected chi connectivity index (χ3v) is 8.54. The molecule has 0 heterocycles. The van der Waals surface area contributed by atoms with E-state index in [0.717, 1.165) is 57.8 Å². The van der Waals surface area contributed by atoms with Crippen molar-refractivity contribution >= 4 is 0 Å². The van der Waals surface area contributed by atoms with Crippen molar-refractivity contribution in [3.8, 4) is 12.3 Å². The maximum atomic E-state index is 5.31. The van der Waals surface area contributed by atoms with Crippen LogP contribution in [0.3, 0.4) is 0 Å². The minimum Gasteiger partial charge on any atom is -0.120 e. The maximum absolute atomic E-state index is 5.31. The number of rotatable bonds is 26. The fraction of sp³-hybridized carbons (Fsp3) is 0.583. The second kappa shape index (κ2) is 30.3. The standard InChI is InChI=1S/C48H76/c1-12-13-14-24-41(4)26-16-28-43(6)30-18-32-45(8)34-20-36-47(10)38-22-39-48(11)37-21-35-46(9)33-19-31-44(7)29-17-27-42(5)25-15-23-40(2)3/h1,14-24,27-28,31-32,35-36,39-48H,13,25-26,29-30,33-34,37-38H2,2-11H3/b23-15+,24-14+,27-17+,28-16+,31-19+,32-18+,35-21+,36-20+,39-22+. The smallest absolute Gasteiger partial charge is 0.0267 e. The molecule has 8 unspecified atom stereocenters. The van der Waals surface area contributed by atoms with Crippen LogP contribution in [0.15, 0.2) is 109 Å². The van der Waals surface area contributed by atoms with Gasteiger partial charge in [0.05, 0.1) is 0 Å². The van der Waals surface area contributed by atoms with Crippen molar-refractivity contribution in [2.45, 2.75) is 127 Å². The normalized spacial score (nSPS) is 18.5. The molecule has 0 nitrogen and oxygen atoms in total. The Hall–Kier alpha value is -2.78. The largest absolute Gasteiger partial charge is 0.120 e. The van der Waals surface area contributed by atoms with E-state index in [1.807, 2.05) is 0 Å². The van der Waals surface area contributed by atoms with E-state index in [4.69, 9.17) is 6.42 Å². The van der Waals surface area contributed by atoms with Crippen LogP contribution in [0.4, 0.5) is 0 Å². The summed E-state index contributed by atoms with van der Waals surface area (Å²) in [5, 5.41) is 0. The molecule has 0 saturated heterocycles. The SMILES string of the molecule is C#CC/C=C/C(C)C/C=C/C(C)C/C=C/C(C)C/C=C/C(C)C/C=C/C(C)C/C=C/C(C)C/C=C/C(C)C/C=C/C(C)C/C=C/C(C)C. The Morgan fingerprint density at radius 3 is 0.688 bits per heavy atom. The number of hydrogen-bond acceptors (Lipinski definition) is 0. The van der Waals surface area contributed by atoms with Gasteiger partial charge in [-0.2, -0.15) is 0 Å². The van der Waals surface area contributed by atoms with Gasteiger partial charge in [0.2, 0.25) is 0 Å². The van der Waals surface area contributed by atoms with E-state index in [2.05, 4.69) is 185 Å². The van der Waals surface area contributed by atoms with Crippen LogP contribution < -0.4 is 0 Å². The summed E-state index contributed by atoms with van der Waals surface area (Å²) in [4.78, 5) is 0. The van der Waals surface area contributed by atoms with Crippen molar-refractivity contribution in [1.29, 1.82) is 0 Å². The first kappa shape index (κ1) is 45.2. The average molecular weight is 653 g/mol. The minimum atomic E-state index is 0.545. The maximum Gasteiger partial charge on any atom is 0.0267 e. The number of hydrogen-bond donors (Lipinski definition) is 0. The number of terminal acetylenes is 1. The van der Waals surface area contributed by atoms with Crippen LogP contribution in [0.1, 0.15) is 127 Å². The third-order valence-electron chi connectivity index (χ3n) is 8.54. The quantitative estimate of drug-likeness (QED) is 0.0644. The van der Waals surface area contributed by atoms with Crippen LogP contribution in [0.5, 0.6) is 0 Å². The zero-order valence-corrected chi connectivity index (χ0v) is 33.0. The van der Waals surface area contributed by atoms with E-state index in [1.165, 1.54) is 0 Å². The van der Waals surface area contributed by atoms with E-state index in [0.29, 0.717) is 53.3 Å². The Morgan fingerprint density at radius 1 is 0.312 bits per heavy atom. The van der Waals surface area contributed by atoms with Crippen molar-refractivity contribution in [2.75, 3.05) is 0 Å². The first-order chi connectivity index (χ1) is 22.9. The summed E-state index contributed by atoms with van der Waals surface area (Å²) < 4.78 is 0. The molecule has 0 radical (unpaired) electrons. The van der Waals surface area contributed by atoms with Gasteiger partial charge in [-0.05, 0) is 105 Å². The van der Waals surface area contributed by atoms with Gasteiger partial charge in [0.1, 0.15) is 0 Å². The second-order valence-corrected chi connectivity index (χ2v) is 15.2. The van der Waals surface area contributed by atoms with Gasteiger partial charge in [-0.15, -0.1) is 12.3 Å². The Bertz CT molecular complexity index is 1070. The van der Waals surface area contributed by atoms with Gasteiger partial charge in [-0.25, -0.2) is 0 Å². The first-order valence-electron chi connectivity index (χ1n) is 19.4. The molecular formula is C48H76. The van der Waals surface area contributed by atoms with Crippen LogP contribution in [0, 0.1) is 65.6 Å². The molecule has 268 valence electrons. The molecular weight excluding hydrogens is 577 g/mol. The van der Waals surface area contributed by atoms with Crippen LogP contribution in [-0.2, 0) is 0 Å². The molecule has 0 aromatic heterocycles. The molecule has 8 atom stereocenters. The molecule has 0 aromatic rings. The molecule has 0 aromatic carbocycles. The Balaban J connectivity index is 4.22. The van der Waals surface area contributed by atoms with E-state index >= 15 is 0 Å². The van der Waals surface area contributed by atoms with Gasteiger partial charge >= 0.3 is 0 Å². The molecule has 0 saturated carbocycles. The summed E-state index contributed by atoms with van der Waals surface area (Å²) in [6, 6.07) is 0. The Morgan fingerprint density at radius 2 is 0.500 bits per heavy atom. The summed E-state index contributed by atoms with van der Waals surface area (Å²) in [5.41, 5.74) is 0. The lowest BCUT2D eigenvalue weighted by Gasteiger charge is -2.07. The highest BCUT2D eigenvalue weighted by Gasteiger charge is 2.01. The number of allylic oxidation sites excluding steroid dienone is 18. The van der Waals surface area contributed by atoms with Crippen LogP contribution in [-0.4, -0.2) is 0 Å². The van der Waals surface area contributed by atoms with Crippen molar-refractivity contribution in [2.24, 2.45) is 53.3 Å². The molecule has 0 spiro atoms. The summed E-state index contributed by atoms with van der Waals surface area (Å²) in [7, 11) is 0. The molecule has 0 heteroatoms. The van der Waals surface area contributed by atoms with Crippen LogP contribution in [0.2, 0.25) is 0 Å². The van der Waals surface area contributed by atoms with E-state index in [-0.39, 0.29) is 0 Å². The van der Waals surface area contributed by atoms with E-state index in [9.17, 15) is 0 Å². The lowest BCUT2D eigenvalue weighted by molar-refractivity contribution is 0.685. The van der Waals surface area contributed by atoms with E-state index < -0.39 is 0 Å². The van der Waals surface area contributed by atoms with Gasteiger partial charge < -0.3 is 0 Å². The van der Waals surface area contributed by atoms with Crippen molar-refractivity contribution in [3.05, 3.63) is 109 Å². The molecule has 0 aliphatic carbocycles. The molecule has 0 N–H and O–H groups in total. The molecule has 0 rings (SSSR count). The van der Waals surface area contributed by atoms with E-state index in [1.54, 1.807) is 0 Å². The molecule has 0 aliphatic rings. The van der Waals surface area contributed by atoms with Gasteiger partial charge in [0.25, 0.3) is 0 Å². The van der Waals surface area contributed by atoms with Crippen molar-refractivity contribution in [3.63, 3.8) is 0 Å². The second-order valence-electron chi connectivity index (χ2n) is 15.2. The zero-order chi connectivity index (χ0) is 36.0. The van der Waals surface area contributed by atoms with Crippen LogP contribution >= 0.6 is 0 Å². The van der Waals surface area contributed by atoms with Crippen LogP contribution in [0.25, 0.3) is 0 Å². The summed E-state index contributed by atoms with van der Waals surface area (Å²) >= 11 is 0. The molecule has 0 bridgehead atoms. The summed E-state index contributed by atoms with van der Waals surface area (Å²) in [5.74, 6) is 7.95. The lowest BCUT2D eigenvalue weighted by Crippen LogP contribution is -1.93. The average Bonchev–Trinajstić information content (AvgIpc) is 3.01. The van der Waals surface area contributed by atoms with Gasteiger partial charge in [0.15, 0.2) is 0 Å². The third kappa shape index (κ3) is 30.5. The zero-order valence-electron chi connectivity index (χ0n) is 33.0. The van der Waals surface area contributed by atoms with Gasteiger partial charge in [0, 0.05) is 6.42 Å². The lowest BCUT2D eigenvalue weighted by atomic mass is 9.99. The molecule has 0 fully saturated rings. The Kier molecular flexibility index (Phi) is 28.5. The van der Waals surface area contributed by atoms with Crippen molar-refractivity contribution in [1.82, 2.24) is 0 Å². The fourth-order valence-electron chi connectivity index (χ4n) is 5.24. The Labute approximate surface area is 301 Å². The predicted molar refractivity (Wildman–Crippen MR) is 221 cm³/mol. The molecule has 0 amide bonds. The summed E-state index contributed by atoms with van der Waals surface area (Å²) in [6.45, 7) is 22.9. The van der Waals surface area contributed by atoms with Gasteiger partial charge in [-0.1, -0.05) is 179 Å². The topological polar surface area (TPSA) is 0 Å². The highest BCUT2D eigenvalue weighted by molar-refractivity contribution is 5.03. The molecule has 48 heavy (non-hydrogen) atoms. The monoisotopic (exact) mass is 653 g/mol. The highest BCUT2D eigenvalue weighted by Crippen LogP contribution is 2.16. The fourth-order valence-corrected chi connectivity index (χ4v) is 5.24. The summed E-state index contributed by atoms with van der Waals surface area (Å²) in [6.07, 6.45) is 57.1. The highest BCUT2D eigenvalue weighted by atomic mass is 14.1. The first-order valence-corrected chi connectivity index (χ1v) is 19.4. The van der Waals surface area contributed by atoms with Crippen molar-refractivity contribution < 1.29 is 0 Å². The minimum absolute atomic E-state index is 0.545. The van der Waals surface area contributed by atoms with Gasteiger partial charge in [-0.3, -0.25) is 0 Å². The molecule has 0 aliphatic heterocycles.